The van der Waals surface area contributed by atoms with Gasteiger partial charge in [-0.3, -0.25) is 0 Å². The Morgan fingerprint density at radius 1 is 1.33 bits per heavy atom. The molecular weight excluding hydrogens is 231 g/mol. The second-order valence-electron chi connectivity index (χ2n) is 4.60. The van der Waals surface area contributed by atoms with Gasteiger partial charge in [-0.25, -0.2) is 8.91 Å². The van der Waals surface area contributed by atoms with E-state index in [2.05, 4.69) is 36.2 Å². The van der Waals surface area contributed by atoms with E-state index in [1.807, 2.05) is 0 Å². The molecule has 0 amide bonds. The summed E-state index contributed by atoms with van der Waals surface area (Å²) in [5, 5.41) is 7.51. The first kappa shape index (κ1) is 12.8. The third kappa shape index (κ3) is 2.60. The van der Waals surface area contributed by atoms with E-state index in [1.165, 1.54) is 16.8 Å². The lowest BCUT2D eigenvalue weighted by atomic mass is 9.96. The molecule has 4 nitrogen and oxygen atoms in total. The maximum Gasteiger partial charge on any atom is 0.243 e. The molecule has 0 saturated carbocycles. The van der Waals surface area contributed by atoms with E-state index < -0.39 is 0 Å². The summed E-state index contributed by atoms with van der Waals surface area (Å²) in [6.07, 6.45) is 3.56. The Balaban J connectivity index is 2.16. The van der Waals surface area contributed by atoms with Crippen molar-refractivity contribution < 1.29 is 4.39 Å². The van der Waals surface area contributed by atoms with Crippen LogP contribution in [0.15, 0.2) is 18.3 Å². The molecular formula is C13H19FN4. The van der Waals surface area contributed by atoms with Crippen molar-refractivity contribution in [2.45, 2.75) is 39.7 Å². The molecule has 1 unspecified atom stereocenters. The van der Waals surface area contributed by atoms with Gasteiger partial charge >= 0.3 is 0 Å². The van der Waals surface area contributed by atoms with Crippen molar-refractivity contribution in [3.8, 4) is 0 Å². The summed E-state index contributed by atoms with van der Waals surface area (Å²) in [5.74, 6) is 0.834. The number of halogens is 1. The minimum absolute atomic E-state index is 0.308. The highest BCUT2D eigenvalue weighted by Crippen LogP contribution is 2.16. The molecule has 1 N–H and O–H groups in total. The number of pyridine rings is 1. The topological polar surface area (TPSA) is 42.2 Å². The number of anilines is 1. The molecule has 2 heterocycles. The zero-order chi connectivity index (χ0) is 13.1. The van der Waals surface area contributed by atoms with E-state index in [-0.39, 0.29) is 5.82 Å². The summed E-state index contributed by atoms with van der Waals surface area (Å²) in [7, 11) is 0. The standard InChI is InChI=1S/C13H19FN4/c1-4-10(5-2)9(3)15-13-16-12-7-6-11(14)8-18(12)17-13/h6-10H,4-5H2,1-3H3,(H,15,17). The molecule has 0 fully saturated rings. The molecule has 2 aromatic rings. The summed E-state index contributed by atoms with van der Waals surface area (Å²) in [6.45, 7) is 6.49. The number of nitrogens with one attached hydrogen (secondary N) is 1. The predicted octanol–water partition coefficient (Wildman–Crippen LogP) is 3.11. The van der Waals surface area contributed by atoms with Gasteiger partial charge in [0.1, 0.15) is 5.82 Å². The first-order valence-electron chi connectivity index (χ1n) is 6.42. The van der Waals surface area contributed by atoms with Crippen molar-refractivity contribution in [3.63, 3.8) is 0 Å². The molecule has 0 spiro atoms. The third-order valence-electron chi connectivity index (χ3n) is 3.41. The van der Waals surface area contributed by atoms with Crippen molar-refractivity contribution in [3.05, 3.63) is 24.1 Å². The zero-order valence-electron chi connectivity index (χ0n) is 11.0. The first-order chi connectivity index (χ1) is 8.63. The fraction of sp³-hybridized carbons (Fsp3) is 0.538. The van der Waals surface area contributed by atoms with E-state index in [0.29, 0.717) is 23.6 Å². The van der Waals surface area contributed by atoms with Crippen LogP contribution < -0.4 is 5.32 Å². The van der Waals surface area contributed by atoms with Gasteiger partial charge in [0, 0.05) is 6.04 Å². The normalized spacial score (nSPS) is 13.2. The highest BCUT2D eigenvalue weighted by molar-refractivity contribution is 5.43. The lowest BCUT2D eigenvalue weighted by molar-refractivity contribution is 0.436. The number of hydrogen-bond donors (Lipinski definition) is 1. The van der Waals surface area contributed by atoms with Crippen LogP contribution in [-0.2, 0) is 0 Å². The van der Waals surface area contributed by atoms with E-state index >= 15 is 0 Å². The fourth-order valence-electron chi connectivity index (χ4n) is 2.24. The van der Waals surface area contributed by atoms with Gasteiger partial charge in [-0.05, 0) is 25.0 Å². The highest BCUT2D eigenvalue weighted by atomic mass is 19.1. The van der Waals surface area contributed by atoms with Gasteiger partial charge in [0.25, 0.3) is 0 Å². The summed E-state index contributed by atoms with van der Waals surface area (Å²) in [5.41, 5.74) is 0.649. The summed E-state index contributed by atoms with van der Waals surface area (Å²) in [6, 6.07) is 3.32. The monoisotopic (exact) mass is 250 g/mol. The quantitative estimate of drug-likeness (QED) is 0.886. The SMILES string of the molecule is CCC(CC)C(C)Nc1nc2ccc(F)cn2n1. The molecule has 5 heteroatoms. The molecule has 0 aliphatic carbocycles. The Hall–Kier alpha value is -1.65. The second-order valence-corrected chi connectivity index (χ2v) is 4.60. The van der Waals surface area contributed by atoms with Crippen LogP contribution in [-0.4, -0.2) is 20.6 Å². The van der Waals surface area contributed by atoms with Crippen LogP contribution >= 0.6 is 0 Å². The largest absolute Gasteiger partial charge is 0.350 e. The molecule has 0 aromatic carbocycles. The molecule has 0 bridgehead atoms. The average Bonchev–Trinajstić information content (AvgIpc) is 2.71. The lowest BCUT2D eigenvalue weighted by Crippen LogP contribution is -2.25. The summed E-state index contributed by atoms with van der Waals surface area (Å²) < 4.78 is 14.5. The Morgan fingerprint density at radius 3 is 2.72 bits per heavy atom. The Morgan fingerprint density at radius 2 is 2.06 bits per heavy atom. The molecule has 2 rings (SSSR count). The number of fused-ring (bicyclic) bond motifs is 1. The van der Waals surface area contributed by atoms with Crippen molar-refractivity contribution >= 4 is 11.6 Å². The zero-order valence-corrected chi connectivity index (χ0v) is 11.0. The predicted molar refractivity (Wildman–Crippen MR) is 70.1 cm³/mol. The van der Waals surface area contributed by atoms with Gasteiger partial charge in [0.05, 0.1) is 6.20 Å². The van der Waals surface area contributed by atoms with E-state index in [0.717, 1.165) is 12.8 Å². The molecule has 1 atom stereocenters. The number of aromatic nitrogens is 3. The Kier molecular flexibility index (Phi) is 3.79. The molecule has 0 saturated heterocycles. The van der Waals surface area contributed by atoms with Crippen molar-refractivity contribution in [2.24, 2.45) is 5.92 Å². The molecule has 18 heavy (non-hydrogen) atoms. The van der Waals surface area contributed by atoms with E-state index in [1.54, 1.807) is 6.07 Å². The summed E-state index contributed by atoms with van der Waals surface area (Å²) in [4.78, 5) is 4.32. The van der Waals surface area contributed by atoms with Gasteiger partial charge in [-0.1, -0.05) is 26.7 Å². The van der Waals surface area contributed by atoms with Crippen molar-refractivity contribution in [1.82, 2.24) is 14.6 Å². The van der Waals surface area contributed by atoms with E-state index in [4.69, 9.17) is 0 Å². The van der Waals surface area contributed by atoms with Gasteiger partial charge in [0.15, 0.2) is 5.65 Å². The van der Waals surface area contributed by atoms with Gasteiger partial charge in [0.2, 0.25) is 5.95 Å². The first-order valence-corrected chi connectivity index (χ1v) is 6.42. The van der Waals surface area contributed by atoms with Crippen molar-refractivity contribution in [1.29, 1.82) is 0 Å². The van der Waals surface area contributed by atoms with Crippen LogP contribution in [0.5, 0.6) is 0 Å². The number of rotatable bonds is 5. The van der Waals surface area contributed by atoms with E-state index in [9.17, 15) is 4.39 Å². The van der Waals surface area contributed by atoms with Crippen LogP contribution in [0.25, 0.3) is 5.65 Å². The maximum absolute atomic E-state index is 13.0. The summed E-state index contributed by atoms with van der Waals surface area (Å²) >= 11 is 0. The maximum atomic E-state index is 13.0. The average molecular weight is 250 g/mol. The van der Waals surface area contributed by atoms with Gasteiger partial charge in [-0.15, -0.1) is 5.10 Å². The fourth-order valence-corrected chi connectivity index (χ4v) is 2.24. The van der Waals surface area contributed by atoms with Gasteiger partial charge < -0.3 is 5.32 Å². The minimum atomic E-state index is -0.313. The Bertz CT molecular complexity index is 519. The van der Waals surface area contributed by atoms with Crippen LogP contribution in [0.4, 0.5) is 10.3 Å². The van der Waals surface area contributed by atoms with Crippen LogP contribution in [0, 0.1) is 11.7 Å². The number of nitrogens with zero attached hydrogens (tertiary/aromatic N) is 3. The Labute approximate surface area is 106 Å². The molecule has 98 valence electrons. The molecule has 0 aliphatic rings. The number of hydrogen-bond acceptors (Lipinski definition) is 3. The molecule has 0 aliphatic heterocycles. The molecule has 2 aromatic heterocycles. The second kappa shape index (κ2) is 5.33. The van der Waals surface area contributed by atoms with Crippen molar-refractivity contribution in [2.75, 3.05) is 5.32 Å². The van der Waals surface area contributed by atoms with Crippen LogP contribution in [0.2, 0.25) is 0 Å². The van der Waals surface area contributed by atoms with Gasteiger partial charge in [-0.2, -0.15) is 4.98 Å². The highest BCUT2D eigenvalue weighted by Gasteiger charge is 2.15. The molecule has 0 radical (unpaired) electrons. The minimum Gasteiger partial charge on any atom is -0.350 e. The van der Waals surface area contributed by atoms with Crippen LogP contribution in [0.3, 0.4) is 0 Å². The van der Waals surface area contributed by atoms with Crippen LogP contribution in [0.1, 0.15) is 33.6 Å². The smallest absolute Gasteiger partial charge is 0.243 e. The lowest BCUT2D eigenvalue weighted by Gasteiger charge is -2.21. The third-order valence-corrected chi connectivity index (χ3v) is 3.41.